The van der Waals surface area contributed by atoms with Gasteiger partial charge in [0.05, 0.1) is 12.1 Å². The molecule has 2 amide bonds. The van der Waals surface area contributed by atoms with Crippen LogP contribution in [0.4, 0.5) is 0 Å². The molecule has 1 rings (SSSR count). The summed E-state index contributed by atoms with van der Waals surface area (Å²) in [5.41, 5.74) is 0.102. The number of carbonyl (C=O) groups excluding carboxylic acids is 2. The van der Waals surface area contributed by atoms with Gasteiger partial charge in [-0.1, -0.05) is 91.8 Å². The summed E-state index contributed by atoms with van der Waals surface area (Å²) in [6, 6.07) is 8.06. The maximum atomic E-state index is 13.7. The Morgan fingerprint density at radius 3 is 2.00 bits per heavy atom. The summed E-state index contributed by atoms with van der Waals surface area (Å²) in [6.07, 6.45) is 1.60. The van der Waals surface area contributed by atoms with E-state index >= 15 is 0 Å². The minimum Gasteiger partial charge on any atom is -0.478 e. The van der Waals surface area contributed by atoms with Gasteiger partial charge in [-0.15, -0.1) is 0 Å². The molecule has 0 bridgehead atoms. The number of nitrogens with zero attached hydrogens (tertiary/aromatic N) is 1. The molecular weight excluding hydrogens is 442 g/mol. The molecule has 196 valence electrons. The van der Waals surface area contributed by atoms with Gasteiger partial charge in [-0.3, -0.25) is 9.59 Å². The van der Waals surface area contributed by atoms with Crippen LogP contribution in [0.25, 0.3) is 0 Å². The highest BCUT2D eigenvalue weighted by Crippen LogP contribution is 2.29. The second-order valence-corrected chi connectivity index (χ2v) is 11.2. The van der Waals surface area contributed by atoms with Crippen LogP contribution in [0.15, 0.2) is 42.0 Å². The maximum absolute atomic E-state index is 13.7. The number of nitrogens with one attached hydrogen (secondary N) is 2. The molecule has 0 aliphatic carbocycles. The third-order valence-corrected chi connectivity index (χ3v) is 6.55. The molecule has 0 aliphatic rings. The zero-order chi connectivity index (χ0) is 27.1. The van der Waals surface area contributed by atoms with Crippen LogP contribution in [-0.4, -0.2) is 59.5 Å². The van der Waals surface area contributed by atoms with Gasteiger partial charge in [-0.25, -0.2) is 4.79 Å². The minimum atomic E-state index is -1.02. The average Bonchev–Trinajstić information content (AvgIpc) is 2.77. The van der Waals surface area contributed by atoms with Gasteiger partial charge in [-0.2, -0.15) is 0 Å². The highest BCUT2D eigenvalue weighted by atomic mass is 16.4. The molecule has 0 heterocycles. The second-order valence-electron chi connectivity index (χ2n) is 11.2. The van der Waals surface area contributed by atoms with Gasteiger partial charge in [-0.05, 0) is 30.4 Å². The summed E-state index contributed by atoms with van der Waals surface area (Å²) in [7, 11) is 1.67. The van der Waals surface area contributed by atoms with Gasteiger partial charge in [0, 0.05) is 18.0 Å². The topological polar surface area (TPSA) is 98.7 Å². The Morgan fingerprint density at radius 2 is 1.57 bits per heavy atom. The number of aliphatic carboxylic acids is 1. The molecule has 0 radical (unpaired) electrons. The number of benzene rings is 1. The lowest BCUT2D eigenvalue weighted by Gasteiger charge is -2.40. The number of carbonyl (C=O) groups is 3. The smallest absolute Gasteiger partial charge is 0.331 e. The third-order valence-electron chi connectivity index (χ3n) is 6.55. The predicted octanol–water partition coefficient (Wildman–Crippen LogP) is 3.99. The van der Waals surface area contributed by atoms with Gasteiger partial charge in [0.15, 0.2) is 0 Å². The van der Waals surface area contributed by atoms with Gasteiger partial charge in [0.25, 0.3) is 0 Å². The number of hydrogen-bond acceptors (Lipinski definition) is 4. The molecule has 3 N–H and O–H groups in total. The fraction of sp³-hybridized carbons (Fsp3) is 0.607. The largest absolute Gasteiger partial charge is 0.478 e. The standard InChI is InChI=1S/C28H45N3O4/c1-11-29-22(28(8,9)20-15-13-12-14-16-20)24(32)30-23(27(5,6)7)25(33)31(10)21(18(2)3)17-19(4)26(34)35/h12-18,21-23,29H,11H2,1-10H3,(H,30,32)(H,34,35)/t21-,22-,23-/m1/s1. The van der Waals surface area contributed by atoms with Crippen LogP contribution >= 0.6 is 0 Å². The molecule has 0 saturated heterocycles. The zero-order valence-corrected chi connectivity index (χ0v) is 23.1. The molecule has 35 heavy (non-hydrogen) atoms. The Morgan fingerprint density at radius 1 is 1.03 bits per heavy atom. The van der Waals surface area contributed by atoms with E-state index in [0.717, 1.165) is 5.56 Å². The van der Waals surface area contributed by atoms with Crippen molar-refractivity contribution < 1.29 is 19.5 Å². The van der Waals surface area contributed by atoms with Crippen LogP contribution in [0.1, 0.15) is 67.9 Å². The third kappa shape index (κ3) is 7.92. The highest BCUT2D eigenvalue weighted by molar-refractivity contribution is 5.91. The van der Waals surface area contributed by atoms with Crippen molar-refractivity contribution in [3.8, 4) is 0 Å². The van der Waals surface area contributed by atoms with Gasteiger partial charge in [0.1, 0.15) is 6.04 Å². The predicted molar refractivity (Wildman–Crippen MR) is 141 cm³/mol. The summed E-state index contributed by atoms with van der Waals surface area (Å²) in [5.74, 6) is -1.54. The summed E-state index contributed by atoms with van der Waals surface area (Å²) >= 11 is 0. The molecule has 7 nitrogen and oxygen atoms in total. The molecule has 0 aromatic heterocycles. The molecule has 1 aromatic rings. The van der Waals surface area contributed by atoms with E-state index in [0.29, 0.717) is 6.54 Å². The molecule has 0 unspecified atom stereocenters. The van der Waals surface area contributed by atoms with E-state index in [1.54, 1.807) is 18.0 Å². The van der Waals surface area contributed by atoms with E-state index in [-0.39, 0.29) is 23.3 Å². The Bertz CT molecular complexity index is 901. The lowest BCUT2D eigenvalue weighted by molar-refractivity contribution is -0.141. The lowest BCUT2D eigenvalue weighted by Crippen LogP contribution is -2.62. The minimum absolute atomic E-state index is 0.0129. The molecule has 7 heteroatoms. The van der Waals surface area contributed by atoms with E-state index in [1.807, 2.05) is 85.7 Å². The summed E-state index contributed by atoms with van der Waals surface area (Å²) in [5, 5.41) is 15.7. The van der Waals surface area contributed by atoms with Gasteiger partial charge >= 0.3 is 5.97 Å². The first-order valence-electron chi connectivity index (χ1n) is 12.3. The van der Waals surface area contributed by atoms with E-state index in [2.05, 4.69) is 10.6 Å². The van der Waals surface area contributed by atoms with Crippen molar-refractivity contribution in [2.45, 2.75) is 85.9 Å². The number of likely N-dealkylation sites (N-methyl/N-ethyl adjacent to an activating group) is 2. The highest BCUT2D eigenvalue weighted by Gasteiger charge is 2.41. The first-order chi connectivity index (χ1) is 16.0. The molecule has 0 spiro atoms. The van der Waals surface area contributed by atoms with Crippen molar-refractivity contribution in [2.75, 3.05) is 13.6 Å². The van der Waals surface area contributed by atoms with E-state index < -0.39 is 34.9 Å². The van der Waals surface area contributed by atoms with Crippen LogP contribution in [-0.2, 0) is 19.8 Å². The number of carboxylic acid groups (broad SMARTS) is 1. The van der Waals surface area contributed by atoms with E-state index in [9.17, 15) is 19.5 Å². The van der Waals surface area contributed by atoms with Crippen LogP contribution in [0.2, 0.25) is 0 Å². The Labute approximate surface area is 211 Å². The van der Waals surface area contributed by atoms with Crippen molar-refractivity contribution in [1.82, 2.24) is 15.5 Å². The summed E-state index contributed by atoms with van der Waals surface area (Å²) in [4.78, 5) is 40.4. The Balaban J connectivity index is 3.33. The fourth-order valence-electron chi connectivity index (χ4n) is 4.22. The molecular formula is C28H45N3O4. The second kappa shape index (κ2) is 12.3. The number of carboxylic acids is 1. The maximum Gasteiger partial charge on any atom is 0.331 e. The normalized spacial score (nSPS) is 15.3. The van der Waals surface area contributed by atoms with Crippen molar-refractivity contribution in [1.29, 1.82) is 0 Å². The number of hydrogen-bond donors (Lipinski definition) is 3. The molecule has 0 fully saturated rings. The number of amides is 2. The zero-order valence-electron chi connectivity index (χ0n) is 23.1. The lowest BCUT2D eigenvalue weighted by atomic mass is 9.76. The molecule has 1 aromatic carbocycles. The first kappa shape index (κ1) is 30.4. The Hall–Kier alpha value is -2.67. The van der Waals surface area contributed by atoms with Crippen molar-refractivity contribution in [3.05, 3.63) is 47.5 Å². The summed E-state index contributed by atoms with van der Waals surface area (Å²) in [6.45, 7) is 17.7. The first-order valence-corrected chi connectivity index (χ1v) is 12.3. The SMILES string of the molecule is CCN[C@H](C(=O)N[C@H](C(=O)N(C)[C@H](C=C(C)C(=O)O)C(C)C)C(C)(C)C)C(C)(C)c1ccccc1. The van der Waals surface area contributed by atoms with Crippen molar-refractivity contribution >= 4 is 17.8 Å². The summed E-state index contributed by atoms with van der Waals surface area (Å²) < 4.78 is 0. The Kier molecular flexibility index (Phi) is 10.7. The van der Waals surface area contributed by atoms with Gasteiger partial charge < -0.3 is 20.6 Å². The fourth-order valence-corrected chi connectivity index (χ4v) is 4.22. The molecule has 3 atom stereocenters. The van der Waals surface area contributed by atoms with Crippen molar-refractivity contribution in [3.63, 3.8) is 0 Å². The average molecular weight is 488 g/mol. The monoisotopic (exact) mass is 487 g/mol. The van der Waals surface area contributed by atoms with E-state index in [1.165, 1.54) is 6.92 Å². The van der Waals surface area contributed by atoms with Crippen LogP contribution in [0.5, 0.6) is 0 Å². The van der Waals surface area contributed by atoms with Crippen LogP contribution in [0.3, 0.4) is 0 Å². The molecule has 0 saturated carbocycles. The van der Waals surface area contributed by atoms with Crippen LogP contribution < -0.4 is 10.6 Å². The van der Waals surface area contributed by atoms with E-state index in [4.69, 9.17) is 0 Å². The van der Waals surface area contributed by atoms with Gasteiger partial charge in [0.2, 0.25) is 11.8 Å². The quantitative estimate of drug-likeness (QED) is 0.410. The van der Waals surface area contributed by atoms with Crippen LogP contribution in [0, 0.1) is 11.3 Å². The molecule has 0 aliphatic heterocycles. The van der Waals surface area contributed by atoms with Crippen molar-refractivity contribution in [2.24, 2.45) is 11.3 Å². The number of rotatable bonds is 11.